The van der Waals surface area contributed by atoms with Gasteiger partial charge in [-0.1, -0.05) is 0 Å². The summed E-state index contributed by atoms with van der Waals surface area (Å²) in [5.74, 6) is 0.175. The maximum absolute atomic E-state index is 11.1. The number of rotatable bonds is 2. The Hall–Kier alpha value is -1.98. The molecule has 0 aliphatic carbocycles. The van der Waals surface area contributed by atoms with Crippen molar-refractivity contribution in [2.45, 2.75) is 0 Å². The van der Waals surface area contributed by atoms with Gasteiger partial charge in [-0.2, -0.15) is 0 Å². The highest BCUT2D eigenvalue weighted by Gasteiger charge is 2.05. The molecule has 0 atom stereocenters. The molecule has 0 spiro atoms. The number of amides is 2. The van der Waals surface area contributed by atoms with Crippen molar-refractivity contribution in [3.8, 4) is 0 Å². The smallest absolute Gasteiger partial charge is 0.323 e. The van der Waals surface area contributed by atoms with E-state index in [0.29, 0.717) is 11.8 Å². The molecule has 0 saturated heterocycles. The normalized spacial score (nSPS) is 9.29. The summed E-state index contributed by atoms with van der Waals surface area (Å²) < 4.78 is 0. The molecule has 1 N–H and O–H groups in total. The highest BCUT2D eigenvalue weighted by atomic mass is 16.2. The number of nitrogens with one attached hydrogen (secondary N) is 1. The lowest BCUT2D eigenvalue weighted by molar-refractivity contribution is 0.112. The molecule has 6 heteroatoms. The minimum atomic E-state index is -0.316. The average Bonchev–Trinajstić information content (AvgIpc) is 2.19. The number of carbonyl (C=O) groups is 2. The SMILES string of the molecule is CN(C)C(=O)Nc1ncc(C=O)cn1. The molecule has 0 unspecified atom stereocenters. The predicted octanol–water partition coefficient (Wildman–Crippen LogP) is 0.383. The Morgan fingerprint density at radius 3 is 2.43 bits per heavy atom. The second-order valence-corrected chi connectivity index (χ2v) is 2.78. The minimum absolute atomic E-state index is 0.175. The molecular formula is C8H10N4O2. The Bertz CT molecular complexity index is 334. The molecule has 6 nitrogen and oxygen atoms in total. The van der Waals surface area contributed by atoms with Crippen LogP contribution in [0.4, 0.5) is 10.7 Å². The van der Waals surface area contributed by atoms with Crippen LogP contribution in [0, 0.1) is 0 Å². The molecular weight excluding hydrogens is 184 g/mol. The lowest BCUT2D eigenvalue weighted by Crippen LogP contribution is -2.28. The van der Waals surface area contributed by atoms with Gasteiger partial charge in [-0.05, 0) is 0 Å². The van der Waals surface area contributed by atoms with Gasteiger partial charge in [0, 0.05) is 26.5 Å². The van der Waals surface area contributed by atoms with E-state index in [1.54, 1.807) is 14.1 Å². The van der Waals surface area contributed by atoms with Gasteiger partial charge < -0.3 is 4.90 Å². The molecule has 14 heavy (non-hydrogen) atoms. The van der Waals surface area contributed by atoms with Crippen molar-refractivity contribution >= 4 is 18.3 Å². The summed E-state index contributed by atoms with van der Waals surface area (Å²) in [4.78, 5) is 30.3. The summed E-state index contributed by atoms with van der Waals surface area (Å²) in [5.41, 5.74) is 0.368. The van der Waals surface area contributed by atoms with Crippen molar-refractivity contribution in [2.24, 2.45) is 0 Å². The zero-order valence-corrected chi connectivity index (χ0v) is 7.89. The van der Waals surface area contributed by atoms with E-state index in [-0.39, 0.29) is 12.0 Å². The van der Waals surface area contributed by atoms with Crippen LogP contribution in [0.2, 0.25) is 0 Å². The largest absolute Gasteiger partial charge is 0.331 e. The minimum Gasteiger partial charge on any atom is -0.331 e. The first-order chi connectivity index (χ1) is 6.63. The fraction of sp³-hybridized carbons (Fsp3) is 0.250. The molecule has 0 bridgehead atoms. The first-order valence-electron chi connectivity index (χ1n) is 3.89. The number of hydrogen-bond donors (Lipinski definition) is 1. The van der Waals surface area contributed by atoms with Crippen molar-refractivity contribution in [3.05, 3.63) is 18.0 Å². The van der Waals surface area contributed by atoms with Gasteiger partial charge in [0.25, 0.3) is 0 Å². The topological polar surface area (TPSA) is 75.2 Å². The van der Waals surface area contributed by atoms with Crippen LogP contribution in [0.5, 0.6) is 0 Å². The zero-order chi connectivity index (χ0) is 10.6. The average molecular weight is 194 g/mol. The highest BCUT2D eigenvalue weighted by molar-refractivity contribution is 5.87. The monoisotopic (exact) mass is 194 g/mol. The number of aldehydes is 1. The Kier molecular flexibility index (Phi) is 3.11. The summed E-state index contributed by atoms with van der Waals surface area (Å²) in [6.07, 6.45) is 3.31. The molecule has 0 aliphatic heterocycles. The Labute approximate surface area is 81.0 Å². The molecule has 1 aromatic rings. The van der Waals surface area contributed by atoms with Gasteiger partial charge in [0.1, 0.15) is 0 Å². The number of urea groups is 1. The van der Waals surface area contributed by atoms with E-state index < -0.39 is 0 Å². The van der Waals surface area contributed by atoms with Crippen LogP contribution < -0.4 is 5.32 Å². The third-order valence-corrected chi connectivity index (χ3v) is 1.43. The van der Waals surface area contributed by atoms with Gasteiger partial charge in [0.05, 0.1) is 5.56 Å². The summed E-state index contributed by atoms with van der Waals surface area (Å²) in [5, 5.41) is 2.44. The number of carbonyl (C=O) groups excluding carboxylic acids is 2. The van der Waals surface area contributed by atoms with Crippen molar-refractivity contribution < 1.29 is 9.59 Å². The molecule has 1 heterocycles. The number of anilines is 1. The van der Waals surface area contributed by atoms with Gasteiger partial charge in [-0.25, -0.2) is 14.8 Å². The molecule has 1 aromatic heterocycles. The second-order valence-electron chi connectivity index (χ2n) is 2.78. The highest BCUT2D eigenvalue weighted by Crippen LogP contribution is 1.98. The van der Waals surface area contributed by atoms with Crippen LogP contribution in [0.1, 0.15) is 10.4 Å². The fourth-order valence-electron chi connectivity index (χ4n) is 0.671. The van der Waals surface area contributed by atoms with E-state index in [1.807, 2.05) is 0 Å². The van der Waals surface area contributed by atoms with Crippen LogP contribution in [0.15, 0.2) is 12.4 Å². The number of hydrogen-bond acceptors (Lipinski definition) is 4. The summed E-state index contributed by atoms with van der Waals surface area (Å²) >= 11 is 0. The maximum Gasteiger partial charge on any atom is 0.323 e. The number of aromatic nitrogens is 2. The van der Waals surface area contributed by atoms with Gasteiger partial charge in [-0.3, -0.25) is 10.1 Å². The molecule has 74 valence electrons. The molecule has 0 aromatic carbocycles. The van der Waals surface area contributed by atoms with E-state index in [0.717, 1.165) is 0 Å². The van der Waals surface area contributed by atoms with Gasteiger partial charge in [-0.15, -0.1) is 0 Å². The third kappa shape index (κ3) is 2.51. The molecule has 2 amide bonds. The standard InChI is InChI=1S/C8H10N4O2/c1-12(2)8(14)11-7-9-3-6(5-13)4-10-7/h3-5H,1-2H3,(H,9,10,11,14). The van der Waals surface area contributed by atoms with Crippen LogP contribution in [-0.2, 0) is 0 Å². The Morgan fingerprint density at radius 1 is 1.43 bits per heavy atom. The summed E-state index contributed by atoms with van der Waals surface area (Å²) in [7, 11) is 3.21. The molecule has 0 saturated carbocycles. The summed E-state index contributed by atoms with van der Waals surface area (Å²) in [6.45, 7) is 0. The molecule has 0 fully saturated rings. The predicted molar refractivity (Wildman–Crippen MR) is 50.1 cm³/mol. The van der Waals surface area contributed by atoms with Crippen LogP contribution in [0.25, 0.3) is 0 Å². The van der Waals surface area contributed by atoms with Crippen molar-refractivity contribution in [1.29, 1.82) is 0 Å². The van der Waals surface area contributed by atoms with Crippen LogP contribution >= 0.6 is 0 Å². The van der Waals surface area contributed by atoms with Gasteiger partial charge in [0.15, 0.2) is 6.29 Å². The molecule has 1 rings (SSSR count). The maximum atomic E-state index is 11.1. The number of nitrogens with zero attached hydrogens (tertiary/aromatic N) is 3. The van der Waals surface area contributed by atoms with E-state index in [2.05, 4.69) is 15.3 Å². The van der Waals surface area contributed by atoms with E-state index in [9.17, 15) is 9.59 Å². The Morgan fingerprint density at radius 2 is 2.00 bits per heavy atom. The van der Waals surface area contributed by atoms with Crippen LogP contribution in [0.3, 0.4) is 0 Å². The van der Waals surface area contributed by atoms with E-state index in [4.69, 9.17) is 0 Å². The second kappa shape index (κ2) is 4.31. The fourth-order valence-corrected chi connectivity index (χ4v) is 0.671. The van der Waals surface area contributed by atoms with Crippen LogP contribution in [-0.4, -0.2) is 41.3 Å². The van der Waals surface area contributed by atoms with Crippen molar-refractivity contribution in [3.63, 3.8) is 0 Å². The van der Waals surface area contributed by atoms with E-state index >= 15 is 0 Å². The summed E-state index contributed by atoms with van der Waals surface area (Å²) in [6, 6.07) is -0.316. The lowest BCUT2D eigenvalue weighted by atomic mass is 10.4. The quantitative estimate of drug-likeness (QED) is 0.691. The Balaban J connectivity index is 2.69. The molecule has 0 aliphatic rings. The third-order valence-electron chi connectivity index (χ3n) is 1.43. The zero-order valence-electron chi connectivity index (χ0n) is 7.89. The first kappa shape index (κ1) is 10.1. The van der Waals surface area contributed by atoms with Crippen molar-refractivity contribution in [1.82, 2.24) is 14.9 Å². The first-order valence-corrected chi connectivity index (χ1v) is 3.89. The molecule has 0 radical (unpaired) electrons. The lowest BCUT2D eigenvalue weighted by Gasteiger charge is -2.10. The van der Waals surface area contributed by atoms with Gasteiger partial charge >= 0.3 is 6.03 Å². The van der Waals surface area contributed by atoms with Gasteiger partial charge in [0.2, 0.25) is 5.95 Å². The van der Waals surface area contributed by atoms with Crippen molar-refractivity contribution in [2.75, 3.05) is 19.4 Å². The van der Waals surface area contributed by atoms with E-state index in [1.165, 1.54) is 17.3 Å².